The van der Waals surface area contributed by atoms with Crippen molar-refractivity contribution in [3.63, 3.8) is 0 Å². The van der Waals surface area contributed by atoms with Crippen LogP contribution >= 0.6 is 0 Å². The van der Waals surface area contributed by atoms with Gasteiger partial charge < -0.3 is 10.4 Å². The highest BCUT2D eigenvalue weighted by Gasteiger charge is 2.64. The second-order valence-corrected chi connectivity index (χ2v) is 6.66. The quantitative estimate of drug-likeness (QED) is 0.878. The summed E-state index contributed by atoms with van der Waals surface area (Å²) < 4.78 is 0. The number of rotatable bonds is 3. The Morgan fingerprint density at radius 2 is 1.84 bits per heavy atom. The number of hydrogen-bond donors (Lipinski definition) is 2. The lowest BCUT2D eigenvalue weighted by Crippen LogP contribution is -2.27. The molecule has 1 aliphatic rings. The largest absolute Gasteiger partial charge is 0.508 e. The van der Waals surface area contributed by atoms with Gasteiger partial charge in [-0.3, -0.25) is 4.79 Å². The van der Waals surface area contributed by atoms with Crippen molar-refractivity contribution in [1.29, 1.82) is 0 Å². The van der Waals surface area contributed by atoms with Gasteiger partial charge in [-0.25, -0.2) is 0 Å². The number of nitrogens with one attached hydrogen (secondary N) is 1. The maximum absolute atomic E-state index is 12.1. The average Bonchev–Trinajstić information content (AvgIpc) is 2.70. The second-order valence-electron chi connectivity index (χ2n) is 6.66. The standard InChI is InChI=1S/C16H23NO2/c1-10-11(7-6-8-12(10)18)14(19)17-9-13-15(2,3)16(13,4)5/h6-8,13,18H,9H2,1-5H3,(H,17,19). The highest BCUT2D eigenvalue weighted by Crippen LogP contribution is 2.67. The molecule has 104 valence electrons. The highest BCUT2D eigenvalue weighted by molar-refractivity contribution is 5.96. The van der Waals surface area contributed by atoms with Gasteiger partial charge in [0.05, 0.1) is 0 Å². The van der Waals surface area contributed by atoms with Crippen LogP contribution in [0.2, 0.25) is 0 Å². The van der Waals surface area contributed by atoms with Crippen LogP contribution in [0.3, 0.4) is 0 Å². The summed E-state index contributed by atoms with van der Waals surface area (Å²) in [6.07, 6.45) is 0. The minimum atomic E-state index is -0.105. The predicted octanol–water partition coefficient (Wildman–Crippen LogP) is 3.11. The van der Waals surface area contributed by atoms with Crippen LogP contribution < -0.4 is 5.32 Å². The number of amides is 1. The van der Waals surface area contributed by atoms with Gasteiger partial charge in [-0.15, -0.1) is 0 Å². The maximum atomic E-state index is 12.1. The third-order valence-electron chi connectivity index (χ3n) is 5.34. The minimum absolute atomic E-state index is 0.105. The summed E-state index contributed by atoms with van der Waals surface area (Å²) in [7, 11) is 0. The molecular weight excluding hydrogens is 238 g/mol. The fourth-order valence-corrected chi connectivity index (χ4v) is 3.00. The second kappa shape index (κ2) is 4.26. The molecule has 2 N–H and O–H groups in total. The Bertz CT molecular complexity index is 503. The molecule has 1 aromatic carbocycles. The van der Waals surface area contributed by atoms with Crippen LogP contribution in [-0.2, 0) is 0 Å². The van der Waals surface area contributed by atoms with E-state index in [9.17, 15) is 9.90 Å². The molecule has 1 saturated carbocycles. The average molecular weight is 261 g/mol. The van der Waals surface area contributed by atoms with Crippen molar-refractivity contribution in [3.05, 3.63) is 29.3 Å². The van der Waals surface area contributed by atoms with Crippen molar-refractivity contribution in [1.82, 2.24) is 5.32 Å². The Morgan fingerprint density at radius 1 is 1.26 bits per heavy atom. The van der Waals surface area contributed by atoms with Crippen LogP contribution in [0.5, 0.6) is 5.75 Å². The number of phenols is 1. The lowest BCUT2D eigenvalue weighted by molar-refractivity contribution is 0.0949. The van der Waals surface area contributed by atoms with Gasteiger partial charge in [0.2, 0.25) is 0 Å². The normalized spacial score (nSPS) is 20.1. The lowest BCUT2D eigenvalue weighted by Gasteiger charge is -2.09. The smallest absolute Gasteiger partial charge is 0.251 e. The van der Waals surface area contributed by atoms with Crippen molar-refractivity contribution < 1.29 is 9.90 Å². The molecule has 1 fully saturated rings. The molecule has 0 spiro atoms. The molecule has 1 aromatic rings. The summed E-state index contributed by atoms with van der Waals surface area (Å²) in [5.41, 5.74) is 1.73. The molecule has 0 saturated heterocycles. The first-order chi connectivity index (χ1) is 8.69. The molecule has 0 atom stereocenters. The van der Waals surface area contributed by atoms with E-state index in [0.717, 1.165) is 0 Å². The van der Waals surface area contributed by atoms with Gasteiger partial charge in [0.25, 0.3) is 5.91 Å². The predicted molar refractivity (Wildman–Crippen MR) is 76.2 cm³/mol. The van der Waals surface area contributed by atoms with Crippen molar-refractivity contribution in [2.75, 3.05) is 6.54 Å². The van der Waals surface area contributed by atoms with Gasteiger partial charge in [-0.1, -0.05) is 33.8 Å². The molecule has 19 heavy (non-hydrogen) atoms. The Hall–Kier alpha value is -1.51. The zero-order valence-electron chi connectivity index (χ0n) is 12.4. The van der Waals surface area contributed by atoms with Crippen LogP contribution in [-0.4, -0.2) is 17.6 Å². The Morgan fingerprint density at radius 3 is 2.37 bits per heavy atom. The molecule has 0 unspecified atom stereocenters. The first-order valence-corrected chi connectivity index (χ1v) is 6.76. The fourth-order valence-electron chi connectivity index (χ4n) is 3.00. The van der Waals surface area contributed by atoms with Crippen molar-refractivity contribution in [2.24, 2.45) is 16.7 Å². The summed E-state index contributed by atoms with van der Waals surface area (Å²) in [5.74, 6) is 0.563. The number of aromatic hydroxyl groups is 1. The van der Waals surface area contributed by atoms with E-state index in [0.29, 0.717) is 23.6 Å². The summed E-state index contributed by atoms with van der Waals surface area (Å²) >= 11 is 0. The topological polar surface area (TPSA) is 49.3 Å². The van der Waals surface area contributed by atoms with Crippen LogP contribution in [0.4, 0.5) is 0 Å². The summed E-state index contributed by atoms with van der Waals surface area (Å²) in [6, 6.07) is 5.04. The number of carbonyl (C=O) groups excluding carboxylic acids is 1. The van der Waals surface area contributed by atoms with Crippen molar-refractivity contribution in [2.45, 2.75) is 34.6 Å². The van der Waals surface area contributed by atoms with Crippen LogP contribution in [0, 0.1) is 23.7 Å². The van der Waals surface area contributed by atoms with Crippen LogP contribution in [0.15, 0.2) is 18.2 Å². The fraction of sp³-hybridized carbons (Fsp3) is 0.562. The van der Waals surface area contributed by atoms with E-state index in [-0.39, 0.29) is 22.5 Å². The summed E-state index contributed by atoms with van der Waals surface area (Å²) in [4.78, 5) is 12.1. The zero-order chi connectivity index (χ0) is 14.4. The van der Waals surface area contributed by atoms with Gasteiger partial charge in [-0.05, 0) is 35.8 Å². The van der Waals surface area contributed by atoms with Gasteiger partial charge in [0.15, 0.2) is 0 Å². The highest BCUT2D eigenvalue weighted by atomic mass is 16.3. The minimum Gasteiger partial charge on any atom is -0.508 e. The monoisotopic (exact) mass is 261 g/mol. The number of benzene rings is 1. The van der Waals surface area contributed by atoms with E-state index >= 15 is 0 Å². The molecule has 0 radical (unpaired) electrons. The summed E-state index contributed by atoms with van der Waals surface area (Å²) in [5, 5.41) is 12.6. The molecule has 1 amide bonds. The lowest BCUT2D eigenvalue weighted by atomic mass is 10.0. The van der Waals surface area contributed by atoms with E-state index in [4.69, 9.17) is 0 Å². The molecule has 0 aromatic heterocycles. The molecule has 3 heteroatoms. The van der Waals surface area contributed by atoms with E-state index in [1.807, 2.05) is 0 Å². The van der Waals surface area contributed by atoms with Crippen molar-refractivity contribution >= 4 is 5.91 Å². The number of phenolic OH excluding ortho intramolecular Hbond substituents is 1. The molecule has 2 rings (SSSR count). The van der Waals surface area contributed by atoms with E-state index < -0.39 is 0 Å². The molecule has 0 bridgehead atoms. The molecule has 3 nitrogen and oxygen atoms in total. The molecule has 0 aliphatic heterocycles. The Labute approximate surface area is 115 Å². The number of hydrogen-bond acceptors (Lipinski definition) is 2. The Kier molecular flexibility index (Phi) is 3.12. The third-order valence-corrected chi connectivity index (χ3v) is 5.34. The van der Waals surface area contributed by atoms with E-state index in [1.165, 1.54) is 0 Å². The van der Waals surface area contributed by atoms with Gasteiger partial charge in [0.1, 0.15) is 5.75 Å². The SMILES string of the molecule is Cc1c(O)cccc1C(=O)NCC1C(C)(C)C1(C)C. The summed E-state index contributed by atoms with van der Waals surface area (Å²) in [6.45, 7) is 11.4. The maximum Gasteiger partial charge on any atom is 0.251 e. The van der Waals surface area contributed by atoms with Gasteiger partial charge in [-0.2, -0.15) is 0 Å². The van der Waals surface area contributed by atoms with Crippen LogP contribution in [0.1, 0.15) is 43.6 Å². The van der Waals surface area contributed by atoms with E-state index in [1.54, 1.807) is 25.1 Å². The van der Waals surface area contributed by atoms with Gasteiger partial charge in [0, 0.05) is 17.7 Å². The number of carbonyl (C=O) groups is 1. The zero-order valence-corrected chi connectivity index (χ0v) is 12.4. The Balaban J connectivity index is 2.02. The van der Waals surface area contributed by atoms with Gasteiger partial charge >= 0.3 is 0 Å². The first kappa shape index (κ1) is 13.9. The van der Waals surface area contributed by atoms with Crippen molar-refractivity contribution in [3.8, 4) is 5.75 Å². The molecular formula is C16H23NO2. The molecule has 1 aliphatic carbocycles. The first-order valence-electron chi connectivity index (χ1n) is 6.76. The van der Waals surface area contributed by atoms with Crippen LogP contribution in [0.25, 0.3) is 0 Å². The van der Waals surface area contributed by atoms with E-state index in [2.05, 4.69) is 33.0 Å². The third kappa shape index (κ3) is 2.11. The molecule has 0 heterocycles.